The van der Waals surface area contributed by atoms with Crippen LogP contribution in [0.5, 0.6) is 5.75 Å². The van der Waals surface area contributed by atoms with E-state index in [2.05, 4.69) is 0 Å². The van der Waals surface area contributed by atoms with Crippen molar-refractivity contribution in [1.29, 1.82) is 0 Å². The zero-order valence-corrected chi connectivity index (χ0v) is 13.9. The maximum absolute atomic E-state index is 13.0. The lowest BCUT2D eigenvalue weighted by Crippen LogP contribution is -2.34. The van der Waals surface area contributed by atoms with E-state index >= 15 is 0 Å². The van der Waals surface area contributed by atoms with Gasteiger partial charge in [0.05, 0.1) is 0 Å². The molecule has 0 saturated carbocycles. The summed E-state index contributed by atoms with van der Waals surface area (Å²) in [5.74, 6) is 0.552. The number of likely N-dealkylation sites (N-methyl/N-ethyl adjacent to an activating group) is 1. The number of hydrogen-bond donors (Lipinski definition) is 1. The minimum absolute atomic E-state index is 0.0868. The molecular formula is C19H24FNO2. The van der Waals surface area contributed by atoms with Crippen molar-refractivity contribution in [2.45, 2.75) is 26.0 Å². The Morgan fingerprint density at radius 3 is 2.43 bits per heavy atom. The van der Waals surface area contributed by atoms with Gasteiger partial charge in [0, 0.05) is 12.6 Å². The summed E-state index contributed by atoms with van der Waals surface area (Å²) in [5, 5.41) is 10.2. The molecule has 2 rings (SSSR count). The normalized spacial score (nSPS) is 13.8. The van der Waals surface area contributed by atoms with Gasteiger partial charge in [-0.1, -0.05) is 30.3 Å². The van der Waals surface area contributed by atoms with Crippen molar-refractivity contribution < 1.29 is 14.2 Å². The Bertz CT molecular complexity index is 615. The van der Waals surface area contributed by atoms with Crippen molar-refractivity contribution in [3.8, 4) is 5.75 Å². The first kappa shape index (κ1) is 17.4. The van der Waals surface area contributed by atoms with Gasteiger partial charge < -0.3 is 9.84 Å². The molecule has 2 unspecified atom stereocenters. The average Bonchev–Trinajstić information content (AvgIpc) is 2.54. The zero-order valence-electron chi connectivity index (χ0n) is 13.9. The van der Waals surface area contributed by atoms with Gasteiger partial charge in [-0.05, 0) is 50.2 Å². The summed E-state index contributed by atoms with van der Waals surface area (Å²) in [4.78, 5) is 2.03. The topological polar surface area (TPSA) is 32.7 Å². The van der Waals surface area contributed by atoms with E-state index in [9.17, 15) is 9.50 Å². The molecule has 1 N–H and O–H groups in total. The third kappa shape index (κ3) is 5.05. The lowest BCUT2D eigenvalue weighted by molar-refractivity contribution is 0.0651. The van der Waals surface area contributed by atoms with Crippen LogP contribution in [0.15, 0.2) is 48.5 Å². The third-order valence-electron chi connectivity index (χ3n) is 4.04. The van der Waals surface area contributed by atoms with Crippen LogP contribution in [0.25, 0.3) is 0 Å². The number of nitrogens with zero attached hydrogens (tertiary/aromatic N) is 1. The fourth-order valence-electron chi connectivity index (χ4n) is 2.44. The van der Waals surface area contributed by atoms with Gasteiger partial charge in [-0.25, -0.2) is 4.39 Å². The minimum atomic E-state index is -0.595. The molecule has 2 aromatic carbocycles. The number of para-hydroxylation sites is 1. The number of hydrogen-bond acceptors (Lipinski definition) is 3. The van der Waals surface area contributed by atoms with Gasteiger partial charge in [-0.3, -0.25) is 4.90 Å². The van der Waals surface area contributed by atoms with Gasteiger partial charge in [-0.2, -0.15) is 0 Å². The van der Waals surface area contributed by atoms with Crippen LogP contribution in [0.3, 0.4) is 0 Å². The Morgan fingerprint density at radius 2 is 1.78 bits per heavy atom. The monoisotopic (exact) mass is 317 g/mol. The fraction of sp³-hybridized carbons (Fsp3) is 0.368. The van der Waals surface area contributed by atoms with E-state index in [0.29, 0.717) is 6.54 Å². The molecule has 4 heteroatoms. The average molecular weight is 317 g/mol. The molecule has 0 spiro atoms. The second-order valence-electron chi connectivity index (χ2n) is 5.90. The summed E-state index contributed by atoms with van der Waals surface area (Å²) < 4.78 is 18.7. The maximum Gasteiger partial charge on any atom is 0.123 e. The van der Waals surface area contributed by atoms with E-state index in [1.165, 1.54) is 12.1 Å². The van der Waals surface area contributed by atoms with Crippen molar-refractivity contribution in [2.75, 3.05) is 20.2 Å². The zero-order chi connectivity index (χ0) is 16.8. The predicted molar refractivity (Wildman–Crippen MR) is 90.1 cm³/mol. The molecule has 0 fully saturated rings. The molecule has 0 aromatic heterocycles. The Labute approximate surface area is 137 Å². The molecule has 0 amide bonds. The summed E-state index contributed by atoms with van der Waals surface area (Å²) in [6, 6.07) is 14.3. The molecule has 2 atom stereocenters. The van der Waals surface area contributed by atoms with Crippen LogP contribution in [0.4, 0.5) is 4.39 Å². The smallest absolute Gasteiger partial charge is 0.123 e. The van der Waals surface area contributed by atoms with Crippen molar-refractivity contribution in [2.24, 2.45) is 0 Å². The summed E-state index contributed by atoms with van der Waals surface area (Å²) in [7, 11) is 1.94. The molecule has 0 aliphatic heterocycles. The number of rotatable bonds is 7. The Balaban J connectivity index is 1.85. The molecule has 3 nitrogen and oxygen atoms in total. The van der Waals surface area contributed by atoms with Gasteiger partial charge in [-0.15, -0.1) is 0 Å². The first-order valence-electron chi connectivity index (χ1n) is 7.79. The van der Waals surface area contributed by atoms with Gasteiger partial charge >= 0.3 is 0 Å². The van der Waals surface area contributed by atoms with Crippen LogP contribution in [0.2, 0.25) is 0 Å². The van der Waals surface area contributed by atoms with Crippen molar-refractivity contribution in [1.82, 2.24) is 4.90 Å². The minimum Gasteiger partial charge on any atom is -0.491 e. The SMILES string of the molecule is Cc1ccccc1OCC(O)CN(C)C(C)c1ccc(F)cc1. The molecule has 124 valence electrons. The highest BCUT2D eigenvalue weighted by molar-refractivity contribution is 5.31. The van der Waals surface area contributed by atoms with Crippen LogP contribution >= 0.6 is 0 Å². The quantitative estimate of drug-likeness (QED) is 0.847. The Hall–Kier alpha value is -1.91. The second kappa shape index (κ2) is 8.09. The second-order valence-corrected chi connectivity index (χ2v) is 5.90. The summed E-state index contributed by atoms with van der Waals surface area (Å²) in [6.45, 7) is 4.72. The molecule has 23 heavy (non-hydrogen) atoms. The first-order chi connectivity index (χ1) is 11.0. The third-order valence-corrected chi connectivity index (χ3v) is 4.04. The molecule has 0 heterocycles. The van der Waals surface area contributed by atoms with Crippen LogP contribution in [-0.4, -0.2) is 36.3 Å². The number of benzene rings is 2. The van der Waals surface area contributed by atoms with E-state index in [0.717, 1.165) is 16.9 Å². The molecule has 0 saturated heterocycles. The van der Waals surface area contributed by atoms with E-state index in [1.807, 2.05) is 50.1 Å². The van der Waals surface area contributed by atoms with E-state index < -0.39 is 6.10 Å². The van der Waals surface area contributed by atoms with Crippen LogP contribution < -0.4 is 4.74 Å². The Kier molecular flexibility index (Phi) is 6.13. The molecule has 0 aliphatic carbocycles. The number of aliphatic hydroxyl groups is 1. The van der Waals surface area contributed by atoms with E-state index in [4.69, 9.17) is 4.74 Å². The fourth-order valence-corrected chi connectivity index (χ4v) is 2.44. The van der Waals surface area contributed by atoms with Gasteiger partial charge in [0.1, 0.15) is 24.3 Å². The summed E-state index contributed by atoms with van der Waals surface area (Å²) in [6.07, 6.45) is -0.595. The number of ether oxygens (including phenoxy) is 1. The Morgan fingerprint density at radius 1 is 1.13 bits per heavy atom. The highest BCUT2D eigenvalue weighted by Gasteiger charge is 2.16. The standard InChI is InChI=1S/C19H24FNO2/c1-14-6-4-5-7-19(14)23-13-18(22)12-21(3)15(2)16-8-10-17(20)11-9-16/h4-11,15,18,22H,12-13H2,1-3H3. The summed E-state index contributed by atoms with van der Waals surface area (Å²) in [5.41, 5.74) is 2.06. The van der Waals surface area contributed by atoms with Crippen molar-refractivity contribution >= 4 is 0 Å². The largest absolute Gasteiger partial charge is 0.491 e. The van der Waals surface area contributed by atoms with Crippen molar-refractivity contribution in [3.05, 3.63) is 65.5 Å². The molecule has 0 radical (unpaired) electrons. The maximum atomic E-state index is 13.0. The highest BCUT2D eigenvalue weighted by atomic mass is 19.1. The molecule has 0 aliphatic rings. The number of halogens is 1. The predicted octanol–water partition coefficient (Wildman–Crippen LogP) is 3.57. The lowest BCUT2D eigenvalue weighted by Gasteiger charge is -2.27. The van der Waals surface area contributed by atoms with Gasteiger partial charge in [0.15, 0.2) is 0 Å². The first-order valence-corrected chi connectivity index (χ1v) is 7.79. The molecule has 2 aromatic rings. The molecule has 0 bridgehead atoms. The van der Waals surface area contributed by atoms with Crippen LogP contribution in [0, 0.1) is 12.7 Å². The van der Waals surface area contributed by atoms with Crippen molar-refractivity contribution in [3.63, 3.8) is 0 Å². The van der Waals surface area contributed by atoms with Crippen LogP contribution in [-0.2, 0) is 0 Å². The highest BCUT2D eigenvalue weighted by Crippen LogP contribution is 2.20. The van der Waals surface area contributed by atoms with Gasteiger partial charge in [0.2, 0.25) is 0 Å². The van der Waals surface area contributed by atoms with E-state index in [-0.39, 0.29) is 18.5 Å². The molecular weight excluding hydrogens is 293 g/mol. The van der Waals surface area contributed by atoms with Gasteiger partial charge in [0.25, 0.3) is 0 Å². The lowest BCUT2D eigenvalue weighted by atomic mass is 10.1. The van der Waals surface area contributed by atoms with Crippen LogP contribution in [0.1, 0.15) is 24.1 Å². The summed E-state index contributed by atoms with van der Waals surface area (Å²) >= 11 is 0. The number of aryl methyl sites for hydroxylation is 1. The van der Waals surface area contributed by atoms with E-state index in [1.54, 1.807) is 12.1 Å². The number of aliphatic hydroxyl groups excluding tert-OH is 1.